The van der Waals surface area contributed by atoms with Crippen LogP contribution < -0.4 is 0 Å². The molecule has 1 saturated carbocycles. The van der Waals surface area contributed by atoms with Crippen molar-refractivity contribution in [3.63, 3.8) is 0 Å². The number of halogens is 2. The average molecular weight is 539 g/mol. The maximum absolute atomic E-state index is 13.5. The van der Waals surface area contributed by atoms with Crippen LogP contribution in [0.25, 0.3) is 0 Å². The molecule has 6 heteroatoms. The molecule has 0 unspecified atom stereocenters. The predicted octanol–water partition coefficient (Wildman–Crippen LogP) is 6.67. The number of hydrogen-bond acceptors (Lipinski definition) is 3. The van der Waals surface area contributed by atoms with E-state index >= 15 is 0 Å². The molecule has 2 aliphatic heterocycles. The van der Waals surface area contributed by atoms with Gasteiger partial charge in [-0.25, -0.2) is 8.78 Å². The number of benzene rings is 2. The third kappa shape index (κ3) is 7.26. The second kappa shape index (κ2) is 12.9. The fourth-order valence-corrected chi connectivity index (χ4v) is 7.15. The molecule has 0 bridgehead atoms. The van der Waals surface area contributed by atoms with Crippen molar-refractivity contribution in [3.05, 3.63) is 70.8 Å². The van der Waals surface area contributed by atoms with E-state index < -0.39 is 17.6 Å². The molecule has 212 valence electrons. The highest BCUT2D eigenvalue weighted by molar-refractivity contribution is 5.73. The Labute approximate surface area is 232 Å². The highest BCUT2D eigenvalue weighted by Gasteiger charge is 2.41. The van der Waals surface area contributed by atoms with Crippen molar-refractivity contribution in [2.45, 2.75) is 76.7 Å². The minimum Gasteiger partial charge on any atom is -0.480 e. The molecular formula is C33H44F2N2O2. The van der Waals surface area contributed by atoms with Crippen LogP contribution in [0, 0.1) is 36.3 Å². The van der Waals surface area contributed by atoms with Gasteiger partial charge in [-0.05, 0) is 93.1 Å². The van der Waals surface area contributed by atoms with Gasteiger partial charge in [-0.15, -0.1) is 0 Å². The predicted molar refractivity (Wildman–Crippen MR) is 151 cm³/mol. The Balaban J connectivity index is 1.16. The van der Waals surface area contributed by atoms with Crippen LogP contribution in [-0.4, -0.2) is 59.6 Å². The number of aliphatic carboxylic acids is 1. The number of aryl methyl sites for hydroxylation is 2. The summed E-state index contributed by atoms with van der Waals surface area (Å²) in [4.78, 5) is 17.2. The molecule has 2 aromatic carbocycles. The van der Waals surface area contributed by atoms with Gasteiger partial charge in [-0.2, -0.15) is 0 Å². The maximum Gasteiger partial charge on any atom is 0.320 e. The first-order valence-electron chi connectivity index (χ1n) is 15.1. The Kier molecular flexibility index (Phi) is 9.34. The molecule has 2 saturated heterocycles. The Morgan fingerprint density at radius 2 is 1.79 bits per heavy atom. The van der Waals surface area contributed by atoms with Crippen molar-refractivity contribution in [2.75, 3.05) is 32.7 Å². The zero-order valence-electron chi connectivity index (χ0n) is 23.3. The average Bonchev–Trinajstić information content (AvgIpc) is 3.29. The highest BCUT2D eigenvalue weighted by Crippen LogP contribution is 2.38. The van der Waals surface area contributed by atoms with Crippen LogP contribution in [0.5, 0.6) is 0 Å². The summed E-state index contributed by atoms with van der Waals surface area (Å²) in [5, 5.41) is 10.1. The molecule has 1 N–H and O–H groups in total. The zero-order chi connectivity index (χ0) is 27.4. The van der Waals surface area contributed by atoms with Gasteiger partial charge in [0, 0.05) is 25.6 Å². The fourth-order valence-electron chi connectivity index (χ4n) is 7.15. The van der Waals surface area contributed by atoms with Crippen LogP contribution in [0.1, 0.15) is 74.0 Å². The molecule has 2 aromatic rings. The first-order valence-corrected chi connectivity index (χ1v) is 15.1. The van der Waals surface area contributed by atoms with Gasteiger partial charge in [0.25, 0.3) is 0 Å². The summed E-state index contributed by atoms with van der Waals surface area (Å²) in [6.45, 7) is 7.01. The number of likely N-dealkylation sites (tertiary alicyclic amines) is 2. The molecule has 0 amide bonds. The Morgan fingerprint density at radius 1 is 1.00 bits per heavy atom. The molecule has 2 heterocycles. The first kappa shape index (κ1) is 28.2. The van der Waals surface area contributed by atoms with Crippen molar-refractivity contribution in [1.82, 2.24) is 9.80 Å². The van der Waals surface area contributed by atoms with E-state index in [-0.39, 0.29) is 6.04 Å². The lowest BCUT2D eigenvalue weighted by Crippen LogP contribution is -2.43. The van der Waals surface area contributed by atoms with E-state index in [0.29, 0.717) is 23.7 Å². The van der Waals surface area contributed by atoms with Crippen molar-refractivity contribution in [3.8, 4) is 0 Å². The van der Waals surface area contributed by atoms with E-state index in [0.717, 1.165) is 64.0 Å². The zero-order valence-corrected chi connectivity index (χ0v) is 23.3. The molecule has 3 fully saturated rings. The van der Waals surface area contributed by atoms with E-state index in [1.54, 1.807) is 6.07 Å². The molecule has 3 aliphatic rings. The van der Waals surface area contributed by atoms with Crippen molar-refractivity contribution in [1.29, 1.82) is 0 Å². The molecule has 0 aromatic heterocycles. The third-order valence-corrected chi connectivity index (χ3v) is 9.71. The van der Waals surface area contributed by atoms with Gasteiger partial charge < -0.3 is 10.0 Å². The quantitative estimate of drug-likeness (QED) is 0.347. The van der Waals surface area contributed by atoms with Crippen molar-refractivity contribution in [2.24, 2.45) is 17.8 Å². The van der Waals surface area contributed by atoms with E-state index in [9.17, 15) is 18.7 Å². The Bertz CT molecular complexity index is 1110. The molecular weight excluding hydrogens is 494 g/mol. The second-order valence-electron chi connectivity index (χ2n) is 12.5. The van der Waals surface area contributed by atoms with Crippen molar-refractivity contribution >= 4 is 5.97 Å². The van der Waals surface area contributed by atoms with Crippen LogP contribution in [0.3, 0.4) is 0 Å². The van der Waals surface area contributed by atoms with E-state index in [1.807, 2.05) is 0 Å². The minimum absolute atomic E-state index is 0.363. The van der Waals surface area contributed by atoms with E-state index in [2.05, 4.69) is 41.0 Å². The summed E-state index contributed by atoms with van der Waals surface area (Å²) in [6.07, 6.45) is 9.64. The first-order chi connectivity index (χ1) is 18.9. The molecule has 0 spiro atoms. The largest absolute Gasteiger partial charge is 0.480 e. The lowest BCUT2D eigenvalue weighted by Gasteiger charge is -2.35. The smallest absolute Gasteiger partial charge is 0.320 e. The normalized spacial score (nSPS) is 24.1. The van der Waals surface area contributed by atoms with E-state index in [4.69, 9.17) is 0 Å². The number of carboxylic acid groups (broad SMARTS) is 1. The summed E-state index contributed by atoms with van der Waals surface area (Å²) in [6, 6.07) is 12.7. The highest BCUT2D eigenvalue weighted by atomic mass is 19.2. The van der Waals surface area contributed by atoms with Crippen LogP contribution >= 0.6 is 0 Å². The molecule has 3 atom stereocenters. The maximum atomic E-state index is 13.5. The Hall–Kier alpha value is -2.31. The number of hydrogen-bond donors (Lipinski definition) is 1. The van der Waals surface area contributed by atoms with Gasteiger partial charge in [-0.1, -0.05) is 61.6 Å². The number of nitrogens with zero attached hydrogens (tertiary/aromatic N) is 2. The van der Waals surface area contributed by atoms with Crippen LogP contribution in [0.15, 0.2) is 42.5 Å². The number of rotatable bonds is 11. The monoisotopic (exact) mass is 538 g/mol. The lowest BCUT2D eigenvalue weighted by molar-refractivity contribution is -0.144. The van der Waals surface area contributed by atoms with Crippen LogP contribution in [-0.2, 0) is 11.2 Å². The SMILES string of the molecule is Cc1cccc([C@H]2CN([C@H](CC3CCC3)C(=O)O)C[C@@H]2CN2CCC(CCCc3ccc(F)c(F)c3)CC2)c1. The van der Waals surface area contributed by atoms with Gasteiger partial charge >= 0.3 is 5.97 Å². The summed E-state index contributed by atoms with van der Waals surface area (Å²) in [5.74, 6) is -0.149. The fraction of sp³-hybridized carbons (Fsp3) is 0.606. The molecule has 39 heavy (non-hydrogen) atoms. The Morgan fingerprint density at radius 3 is 2.46 bits per heavy atom. The molecule has 1 aliphatic carbocycles. The van der Waals surface area contributed by atoms with Crippen molar-refractivity contribution < 1.29 is 18.7 Å². The summed E-state index contributed by atoms with van der Waals surface area (Å²) in [5.41, 5.74) is 3.48. The number of carboxylic acids is 1. The van der Waals surface area contributed by atoms with Crippen LogP contribution in [0.4, 0.5) is 8.78 Å². The summed E-state index contributed by atoms with van der Waals surface area (Å²) >= 11 is 0. The van der Waals surface area contributed by atoms with E-state index in [1.165, 1.54) is 55.4 Å². The topological polar surface area (TPSA) is 43.8 Å². The van der Waals surface area contributed by atoms with Gasteiger partial charge in [0.1, 0.15) is 6.04 Å². The summed E-state index contributed by atoms with van der Waals surface area (Å²) < 4.78 is 26.7. The van der Waals surface area contributed by atoms with Gasteiger partial charge in [-0.3, -0.25) is 9.69 Å². The number of carbonyl (C=O) groups is 1. The summed E-state index contributed by atoms with van der Waals surface area (Å²) in [7, 11) is 0. The third-order valence-electron chi connectivity index (χ3n) is 9.71. The van der Waals surface area contributed by atoms with Gasteiger partial charge in [0.15, 0.2) is 11.6 Å². The molecule has 5 rings (SSSR count). The lowest BCUT2D eigenvalue weighted by atomic mass is 9.80. The molecule has 4 nitrogen and oxygen atoms in total. The van der Waals surface area contributed by atoms with Gasteiger partial charge in [0.05, 0.1) is 0 Å². The second-order valence-corrected chi connectivity index (χ2v) is 12.5. The molecule has 0 radical (unpaired) electrons. The van der Waals surface area contributed by atoms with Crippen LogP contribution in [0.2, 0.25) is 0 Å². The number of piperidine rings is 1. The minimum atomic E-state index is -0.780. The standard InChI is InChI=1S/C33H44F2N2O2/c1-23-5-2-10-27(17-23)29-22-37(32(33(38)39)19-25-7-4-8-25)21-28(29)20-36-15-13-24(14-16-36)6-3-9-26-11-12-30(34)31(35)18-26/h2,5,10-12,17-18,24-25,28-29,32H,3-4,6-9,13-16,19-22H2,1H3,(H,38,39)/t28-,29+,32+/m0/s1. The van der Waals surface area contributed by atoms with Gasteiger partial charge in [0.2, 0.25) is 0 Å².